The van der Waals surface area contributed by atoms with Crippen LogP contribution in [-0.4, -0.2) is 43.6 Å². The predicted molar refractivity (Wildman–Crippen MR) is 127 cm³/mol. The van der Waals surface area contributed by atoms with Gasteiger partial charge in [0.1, 0.15) is 17.2 Å². The SMILES string of the molecule is CCOC(=O)c1c[nH]c(C(N)=O)c1-c1ccc(CCC(=O)Nc2cc(OC)cc(OC)c2)cc1. The number of esters is 1. The maximum atomic E-state index is 12.4. The fourth-order valence-corrected chi connectivity index (χ4v) is 3.49. The summed E-state index contributed by atoms with van der Waals surface area (Å²) in [7, 11) is 3.08. The highest BCUT2D eigenvalue weighted by Crippen LogP contribution is 2.29. The molecule has 0 spiro atoms. The van der Waals surface area contributed by atoms with Crippen molar-refractivity contribution < 1.29 is 28.6 Å². The van der Waals surface area contributed by atoms with Crippen LogP contribution in [0.1, 0.15) is 39.8 Å². The molecule has 0 aliphatic carbocycles. The molecule has 4 N–H and O–H groups in total. The number of aromatic nitrogens is 1. The fraction of sp³-hybridized carbons (Fsp3) is 0.240. The van der Waals surface area contributed by atoms with Crippen LogP contribution in [0.15, 0.2) is 48.7 Å². The number of carbonyl (C=O) groups excluding carboxylic acids is 3. The largest absolute Gasteiger partial charge is 0.497 e. The monoisotopic (exact) mass is 465 g/mol. The fourth-order valence-electron chi connectivity index (χ4n) is 3.49. The van der Waals surface area contributed by atoms with Gasteiger partial charge in [0.2, 0.25) is 5.91 Å². The summed E-state index contributed by atoms with van der Waals surface area (Å²) in [5.74, 6) is -0.234. The number of carbonyl (C=O) groups is 3. The predicted octanol–water partition coefficient (Wildman–Crippen LogP) is 3.55. The first kappa shape index (κ1) is 24.4. The summed E-state index contributed by atoms with van der Waals surface area (Å²) in [6.45, 7) is 1.91. The Morgan fingerprint density at radius 3 is 2.21 bits per heavy atom. The molecule has 0 unspecified atom stereocenters. The van der Waals surface area contributed by atoms with Crippen LogP contribution in [0.3, 0.4) is 0 Å². The number of amides is 2. The molecule has 3 rings (SSSR count). The number of benzene rings is 2. The number of nitrogens with two attached hydrogens (primary N) is 1. The average Bonchev–Trinajstić information content (AvgIpc) is 3.28. The molecule has 9 heteroatoms. The van der Waals surface area contributed by atoms with Crippen molar-refractivity contribution in [3.8, 4) is 22.6 Å². The van der Waals surface area contributed by atoms with Gasteiger partial charge in [-0.3, -0.25) is 9.59 Å². The van der Waals surface area contributed by atoms with Crippen LogP contribution in [-0.2, 0) is 16.0 Å². The van der Waals surface area contributed by atoms with E-state index in [0.717, 1.165) is 5.56 Å². The molecular weight excluding hydrogens is 438 g/mol. The van der Waals surface area contributed by atoms with Crippen molar-refractivity contribution in [2.24, 2.45) is 5.73 Å². The topological polar surface area (TPSA) is 133 Å². The summed E-state index contributed by atoms with van der Waals surface area (Å²) in [5, 5.41) is 2.84. The normalized spacial score (nSPS) is 10.4. The second-order valence-electron chi connectivity index (χ2n) is 7.38. The van der Waals surface area contributed by atoms with E-state index in [1.54, 1.807) is 51.5 Å². The highest BCUT2D eigenvalue weighted by molar-refractivity contribution is 6.06. The molecule has 9 nitrogen and oxygen atoms in total. The van der Waals surface area contributed by atoms with E-state index in [2.05, 4.69) is 10.3 Å². The van der Waals surface area contributed by atoms with Crippen LogP contribution >= 0.6 is 0 Å². The minimum Gasteiger partial charge on any atom is -0.497 e. The number of primary amides is 1. The van der Waals surface area contributed by atoms with Gasteiger partial charge in [0.05, 0.1) is 26.4 Å². The zero-order valence-electron chi connectivity index (χ0n) is 19.3. The number of anilines is 1. The summed E-state index contributed by atoms with van der Waals surface area (Å²) < 4.78 is 15.5. The molecular formula is C25H27N3O6. The number of aryl methyl sites for hydroxylation is 1. The van der Waals surface area contributed by atoms with Crippen molar-refractivity contribution in [3.63, 3.8) is 0 Å². The van der Waals surface area contributed by atoms with E-state index in [1.807, 2.05) is 12.1 Å². The summed E-state index contributed by atoms with van der Waals surface area (Å²) in [5.41, 5.74) is 8.35. The number of ether oxygens (including phenoxy) is 3. The number of H-pyrrole nitrogens is 1. The standard InChI is InChI=1S/C25H27N3O6/c1-4-34-25(31)20-14-27-23(24(26)30)22(20)16-8-5-15(6-9-16)7-10-21(29)28-17-11-18(32-2)13-19(12-17)33-3/h5-6,8-9,11-14,27H,4,7,10H2,1-3H3,(H2,26,30)(H,28,29). The lowest BCUT2D eigenvalue weighted by molar-refractivity contribution is -0.116. The van der Waals surface area contributed by atoms with Crippen LogP contribution in [0.5, 0.6) is 11.5 Å². The Kier molecular flexibility index (Phi) is 7.92. The van der Waals surface area contributed by atoms with Gasteiger partial charge < -0.3 is 30.2 Å². The highest BCUT2D eigenvalue weighted by Gasteiger charge is 2.22. The van der Waals surface area contributed by atoms with Crippen LogP contribution in [0.2, 0.25) is 0 Å². The second-order valence-corrected chi connectivity index (χ2v) is 7.38. The Bertz CT molecular complexity index is 1160. The van der Waals surface area contributed by atoms with E-state index >= 15 is 0 Å². The maximum Gasteiger partial charge on any atom is 0.340 e. The Hall–Kier alpha value is -4.27. The molecule has 0 fully saturated rings. The first-order valence-corrected chi connectivity index (χ1v) is 10.7. The minimum absolute atomic E-state index is 0.129. The third-order valence-electron chi connectivity index (χ3n) is 5.14. The zero-order chi connectivity index (χ0) is 24.7. The van der Waals surface area contributed by atoms with Crippen LogP contribution < -0.4 is 20.5 Å². The van der Waals surface area contributed by atoms with Gasteiger partial charge in [0.25, 0.3) is 5.91 Å². The second kappa shape index (κ2) is 11.0. The Morgan fingerprint density at radius 1 is 1.00 bits per heavy atom. The first-order chi connectivity index (χ1) is 16.4. The molecule has 34 heavy (non-hydrogen) atoms. The van der Waals surface area contributed by atoms with E-state index in [9.17, 15) is 14.4 Å². The highest BCUT2D eigenvalue weighted by atomic mass is 16.5. The third kappa shape index (κ3) is 5.74. The lowest BCUT2D eigenvalue weighted by Crippen LogP contribution is -2.13. The minimum atomic E-state index is -0.680. The smallest absolute Gasteiger partial charge is 0.340 e. The van der Waals surface area contributed by atoms with E-state index in [4.69, 9.17) is 19.9 Å². The zero-order valence-corrected chi connectivity index (χ0v) is 19.3. The van der Waals surface area contributed by atoms with Gasteiger partial charge in [0.15, 0.2) is 0 Å². The van der Waals surface area contributed by atoms with Crippen LogP contribution in [0.4, 0.5) is 5.69 Å². The van der Waals surface area contributed by atoms with Crippen molar-refractivity contribution in [3.05, 3.63) is 65.5 Å². The molecule has 3 aromatic rings. The van der Waals surface area contributed by atoms with E-state index in [-0.39, 0.29) is 30.2 Å². The van der Waals surface area contributed by atoms with Gasteiger partial charge in [-0.25, -0.2) is 4.79 Å². The lowest BCUT2D eigenvalue weighted by atomic mass is 9.98. The number of nitrogens with one attached hydrogen (secondary N) is 2. The van der Waals surface area contributed by atoms with Gasteiger partial charge in [-0.05, 0) is 24.5 Å². The molecule has 0 saturated heterocycles. The first-order valence-electron chi connectivity index (χ1n) is 10.7. The van der Waals surface area contributed by atoms with Crippen molar-refractivity contribution in [2.75, 3.05) is 26.1 Å². The van der Waals surface area contributed by atoms with Gasteiger partial charge in [-0.2, -0.15) is 0 Å². The molecule has 178 valence electrons. The average molecular weight is 466 g/mol. The molecule has 1 heterocycles. The number of aromatic amines is 1. The number of rotatable bonds is 10. The molecule has 0 aliphatic heterocycles. The molecule has 2 amide bonds. The summed E-state index contributed by atoms with van der Waals surface area (Å²) in [6.07, 6.45) is 2.16. The Morgan fingerprint density at radius 2 is 1.65 bits per heavy atom. The summed E-state index contributed by atoms with van der Waals surface area (Å²) in [4.78, 5) is 39.3. The molecule has 0 saturated carbocycles. The molecule has 2 aromatic carbocycles. The van der Waals surface area contributed by atoms with Crippen LogP contribution in [0.25, 0.3) is 11.1 Å². The number of methoxy groups -OCH3 is 2. The molecule has 0 radical (unpaired) electrons. The van der Waals surface area contributed by atoms with E-state index < -0.39 is 11.9 Å². The van der Waals surface area contributed by atoms with Crippen molar-refractivity contribution in [1.29, 1.82) is 0 Å². The Balaban J connectivity index is 1.70. The van der Waals surface area contributed by atoms with Crippen molar-refractivity contribution in [2.45, 2.75) is 19.8 Å². The van der Waals surface area contributed by atoms with Crippen LogP contribution in [0, 0.1) is 0 Å². The van der Waals surface area contributed by atoms with Crippen molar-refractivity contribution in [1.82, 2.24) is 4.98 Å². The van der Waals surface area contributed by atoms with Gasteiger partial charge in [-0.15, -0.1) is 0 Å². The molecule has 0 aliphatic rings. The van der Waals surface area contributed by atoms with Gasteiger partial charge in [-0.1, -0.05) is 24.3 Å². The van der Waals surface area contributed by atoms with Gasteiger partial charge in [0, 0.05) is 42.1 Å². The molecule has 0 bridgehead atoms. The number of hydrogen-bond acceptors (Lipinski definition) is 6. The van der Waals surface area contributed by atoms with E-state index in [1.165, 1.54) is 6.20 Å². The van der Waals surface area contributed by atoms with Gasteiger partial charge >= 0.3 is 5.97 Å². The van der Waals surface area contributed by atoms with Crippen molar-refractivity contribution >= 4 is 23.5 Å². The quantitative estimate of drug-likeness (QED) is 0.392. The number of hydrogen-bond donors (Lipinski definition) is 3. The third-order valence-corrected chi connectivity index (χ3v) is 5.14. The maximum absolute atomic E-state index is 12.4. The lowest BCUT2D eigenvalue weighted by Gasteiger charge is -2.10. The summed E-state index contributed by atoms with van der Waals surface area (Å²) >= 11 is 0. The molecule has 0 atom stereocenters. The Labute approximate surface area is 197 Å². The molecule has 1 aromatic heterocycles. The van der Waals surface area contributed by atoms with E-state index in [0.29, 0.717) is 34.7 Å². The summed E-state index contributed by atoms with van der Waals surface area (Å²) in [6, 6.07) is 12.4.